The lowest BCUT2D eigenvalue weighted by atomic mass is 10.1. The first-order chi connectivity index (χ1) is 12.7. The van der Waals surface area contributed by atoms with Crippen LogP contribution in [0.25, 0.3) is 11.4 Å². The highest BCUT2D eigenvalue weighted by Gasteiger charge is 2.30. The molecule has 1 atom stereocenters. The molecule has 2 aromatic carbocycles. The number of hydrogen-bond acceptors (Lipinski definition) is 4. The number of amides is 1. The first-order valence-corrected chi connectivity index (χ1v) is 8.13. The van der Waals surface area contributed by atoms with Crippen molar-refractivity contribution < 1.29 is 22.5 Å². The summed E-state index contributed by atoms with van der Waals surface area (Å²) < 4.78 is 43.0. The molecule has 27 heavy (non-hydrogen) atoms. The fourth-order valence-electron chi connectivity index (χ4n) is 2.38. The zero-order valence-electron chi connectivity index (χ0n) is 14.5. The van der Waals surface area contributed by atoms with Crippen molar-refractivity contribution in [3.8, 4) is 11.4 Å². The summed E-state index contributed by atoms with van der Waals surface area (Å²) in [6.45, 7) is 3.61. The van der Waals surface area contributed by atoms with Crippen LogP contribution in [0.3, 0.4) is 0 Å². The number of halogens is 3. The van der Waals surface area contributed by atoms with Crippen LogP contribution in [0.15, 0.2) is 53.1 Å². The minimum atomic E-state index is -4.45. The van der Waals surface area contributed by atoms with Crippen LogP contribution in [-0.4, -0.2) is 16.0 Å². The fraction of sp³-hybridized carbons (Fsp3) is 0.211. The lowest BCUT2D eigenvalue weighted by molar-refractivity contribution is -0.137. The predicted molar refractivity (Wildman–Crippen MR) is 91.8 cm³/mol. The molecule has 8 heteroatoms. The van der Waals surface area contributed by atoms with E-state index in [1.54, 1.807) is 6.92 Å². The lowest BCUT2D eigenvalue weighted by Gasteiger charge is -2.11. The topological polar surface area (TPSA) is 68.0 Å². The molecule has 0 saturated heterocycles. The number of aryl methyl sites for hydroxylation is 1. The van der Waals surface area contributed by atoms with Crippen molar-refractivity contribution in [1.82, 2.24) is 15.5 Å². The van der Waals surface area contributed by atoms with E-state index < -0.39 is 23.7 Å². The standard InChI is InChI=1S/C19H16F3N3O2/c1-11-3-5-13(6-4-11)16-24-18(27-25-16)12(2)23-17(26)14-7-9-15(10-8-14)19(20,21)22/h3-10,12H,1-2H3,(H,23,26). The van der Waals surface area contributed by atoms with Crippen LogP contribution in [0.1, 0.15) is 40.3 Å². The first-order valence-electron chi connectivity index (χ1n) is 8.13. The van der Waals surface area contributed by atoms with E-state index in [9.17, 15) is 18.0 Å². The Bertz CT molecular complexity index is 932. The second kappa shape index (κ2) is 7.22. The molecular formula is C19H16F3N3O2. The van der Waals surface area contributed by atoms with Crippen molar-refractivity contribution in [3.63, 3.8) is 0 Å². The van der Waals surface area contributed by atoms with Gasteiger partial charge in [-0.05, 0) is 38.1 Å². The van der Waals surface area contributed by atoms with Gasteiger partial charge in [-0.2, -0.15) is 18.2 Å². The summed E-state index contributed by atoms with van der Waals surface area (Å²) >= 11 is 0. The summed E-state index contributed by atoms with van der Waals surface area (Å²) in [4.78, 5) is 16.5. The van der Waals surface area contributed by atoms with Crippen molar-refractivity contribution in [2.24, 2.45) is 0 Å². The Hall–Kier alpha value is -3.16. The fourth-order valence-corrected chi connectivity index (χ4v) is 2.38. The van der Waals surface area contributed by atoms with Crippen molar-refractivity contribution in [3.05, 3.63) is 71.1 Å². The van der Waals surface area contributed by atoms with E-state index in [1.165, 1.54) is 0 Å². The summed E-state index contributed by atoms with van der Waals surface area (Å²) in [5, 5.41) is 6.52. The monoisotopic (exact) mass is 375 g/mol. The average molecular weight is 375 g/mol. The van der Waals surface area contributed by atoms with Crippen LogP contribution in [-0.2, 0) is 6.18 Å². The zero-order chi connectivity index (χ0) is 19.6. The lowest BCUT2D eigenvalue weighted by Crippen LogP contribution is -2.26. The maximum Gasteiger partial charge on any atom is 0.416 e. The average Bonchev–Trinajstić information content (AvgIpc) is 3.12. The van der Waals surface area contributed by atoms with Crippen LogP contribution in [0.2, 0.25) is 0 Å². The van der Waals surface area contributed by atoms with Crippen molar-refractivity contribution in [2.45, 2.75) is 26.1 Å². The summed E-state index contributed by atoms with van der Waals surface area (Å²) in [6.07, 6.45) is -4.45. The van der Waals surface area contributed by atoms with Crippen molar-refractivity contribution in [1.29, 1.82) is 0 Å². The van der Waals surface area contributed by atoms with E-state index in [0.717, 1.165) is 35.4 Å². The predicted octanol–water partition coefficient (Wildman–Crippen LogP) is 4.55. The molecule has 1 aromatic heterocycles. The highest BCUT2D eigenvalue weighted by molar-refractivity contribution is 5.94. The van der Waals surface area contributed by atoms with Gasteiger partial charge in [-0.1, -0.05) is 35.0 Å². The quantitative estimate of drug-likeness (QED) is 0.726. The van der Waals surface area contributed by atoms with Crippen LogP contribution < -0.4 is 5.32 Å². The summed E-state index contributed by atoms with van der Waals surface area (Å²) in [5.41, 5.74) is 1.16. The third-order valence-electron chi connectivity index (χ3n) is 3.94. The van der Waals surface area contributed by atoms with Crippen LogP contribution in [0.4, 0.5) is 13.2 Å². The van der Waals surface area contributed by atoms with Gasteiger partial charge < -0.3 is 9.84 Å². The van der Waals surface area contributed by atoms with E-state index in [2.05, 4.69) is 15.5 Å². The van der Waals surface area contributed by atoms with Gasteiger partial charge in [0.15, 0.2) is 0 Å². The van der Waals surface area contributed by atoms with Crippen LogP contribution >= 0.6 is 0 Å². The van der Waals surface area contributed by atoms with Gasteiger partial charge in [-0.3, -0.25) is 4.79 Å². The Kier molecular flexibility index (Phi) is 4.98. The van der Waals surface area contributed by atoms with E-state index >= 15 is 0 Å². The molecule has 0 bridgehead atoms. The maximum atomic E-state index is 12.6. The number of nitrogens with zero attached hydrogens (tertiary/aromatic N) is 2. The molecule has 3 aromatic rings. The smallest absolute Gasteiger partial charge is 0.341 e. The molecule has 0 aliphatic heterocycles. The summed E-state index contributed by atoms with van der Waals surface area (Å²) in [6, 6.07) is 10.9. The molecule has 0 aliphatic carbocycles. The highest BCUT2D eigenvalue weighted by Crippen LogP contribution is 2.29. The number of hydrogen-bond donors (Lipinski definition) is 1. The van der Waals surface area contributed by atoms with Gasteiger partial charge in [0.05, 0.1) is 5.56 Å². The van der Waals surface area contributed by atoms with E-state index in [1.807, 2.05) is 31.2 Å². The second-order valence-electron chi connectivity index (χ2n) is 6.09. The largest absolute Gasteiger partial charge is 0.416 e. The Morgan fingerprint density at radius 1 is 1.07 bits per heavy atom. The Morgan fingerprint density at radius 3 is 2.30 bits per heavy atom. The van der Waals surface area contributed by atoms with Crippen molar-refractivity contribution in [2.75, 3.05) is 0 Å². The summed E-state index contributed by atoms with van der Waals surface area (Å²) in [7, 11) is 0. The molecule has 5 nitrogen and oxygen atoms in total. The Labute approximate surface area is 153 Å². The number of carbonyl (C=O) groups excluding carboxylic acids is 1. The highest BCUT2D eigenvalue weighted by atomic mass is 19.4. The molecule has 1 unspecified atom stereocenters. The second-order valence-corrected chi connectivity index (χ2v) is 6.09. The van der Waals surface area contributed by atoms with Crippen LogP contribution in [0.5, 0.6) is 0 Å². The molecule has 1 heterocycles. The Morgan fingerprint density at radius 2 is 1.70 bits per heavy atom. The molecule has 1 amide bonds. The van der Waals surface area contributed by atoms with Crippen LogP contribution in [0, 0.1) is 6.92 Å². The molecule has 0 spiro atoms. The van der Waals surface area contributed by atoms with Gasteiger partial charge in [0, 0.05) is 11.1 Å². The molecule has 0 aliphatic rings. The SMILES string of the molecule is Cc1ccc(-c2noc(C(C)NC(=O)c3ccc(C(F)(F)F)cc3)n2)cc1. The molecule has 0 saturated carbocycles. The number of nitrogens with one attached hydrogen (secondary N) is 1. The number of rotatable bonds is 4. The van der Waals surface area contributed by atoms with E-state index in [4.69, 9.17) is 4.52 Å². The van der Waals surface area contributed by atoms with Crippen molar-refractivity contribution >= 4 is 5.91 Å². The molecule has 1 N–H and O–H groups in total. The van der Waals surface area contributed by atoms with Gasteiger partial charge in [0.25, 0.3) is 5.91 Å². The zero-order valence-corrected chi connectivity index (χ0v) is 14.5. The van der Waals surface area contributed by atoms with Gasteiger partial charge in [0.1, 0.15) is 6.04 Å². The Balaban J connectivity index is 1.69. The molecule has 0 fully saturated rings. The van der Waals surface area contributed by atoms with Gasteiger partial charge in [0.2, 0.25) is 11.7 Å². The minimum Gasteiger partial charge on any atom is -0.341 e. The van der Waals surface area contributed by atoms with Gasteiger partial charge in [-0.25, -0.2) is 0 Å². The molecular weight excluding hydrogens is 359 g/mol. The molecule has 140 valence electrons. The number of benzene rings is 2. The number of carbonyl (C=O) groups is 1. The third-order valence-corrected chi connectivity index (χ3v) is 3.94. The van der Waals surface area contributed by atoms with E-state index in [-0.39, 0.29) is 11.5 Å². The third kappa shape index (κ3) is 4.33. The minimum absolute atomic E-state index is 0.105. The van der Waals surface area contributed by atoms with Gasteiger partial charge in [-0.15, -0.1) is 0 Å². The number of alkyl halides is 3. The molecule has 3 rings (SSSR count). The van der Waals surface area contributed by atoms with E-state index in [0.29, 0.717) is 5.82 Å². The molecule has 0 radical (unpaired) electrons. The normalized spacial score (nSPS) is 12.6. The first kappa shape index (κ1) is 18.6. The number of aromatic nitrogens is 2. The maximum absolute atomic E-state index is 12.6. The van der Waals surface area contributed by atoms with Gasteiger partial charge >= 0.3 is 6.18 Å². The summed E-state index contributed by atoms with van der Waals surface area (Å²) in [5.74, 6) is 0.0535.